The van der Waals surface area contributed by atoms with Crippen LogP contribution in [0.2, 0.25) is 5.02 Å². The number of aryl methyl sites for hydroxylation is 1. The summed E-state index contributed by atoms with van der Waals surface area (Å²) in [6.45, 7) is 11.6. The van der Waals surface area contributed by atoms with Crippen molar-refractivity contribution >= 4 is 40.5 Å². The first-order chi connectivity index (χ1) is 14.2. The number of amides is 1. The van der Waals surface area contributed by atoms with Crippen molar-refractivity contribution in [1.29, 1.82) is 5.26 Å². The van der Waals surface area contributed by atoms with Crippen molar-refractivity contribution < 1.29 is 4.79 Å². The zero-order valence-electron chi connectivity index (χ0n) is 18.0. The molecule has 0 aliphatic carbocycles. The molecule has 5 heteroatoms. The number of benzene rings is 2. The summed E-state index contributed by atoms with van der Waals surface area (Å²) in [6, 6.07) is 13.1. The van der Waals surface area contributed by atoms with Crippen molar-refractivity contribution in [3.05, 3.63) is 69.8 Å². The number of hydrogen-bond donors (Lipinski definition) is 1. The van der Waals surface area contributed by atoms with E-state index in [0.717, 1.165) is 23.2 Å². The molecule has 0 atom stereocenters. The molecule has 2 aromatic rings. The van der Waals surface area contributed by atoms with Gasteiger partial charge in [-0.2, -0.15) is 5.26 Å². The quantitative estimate of drug-likeness (QED) is 0.473. The van der Waals surface area contributed by atoms with Gasteiger partial charge in [-0.25, -0.2) is 0 Å². The van der Waals surface area contributed by atoms with Crippen LogP contribution in [0.25, 0.3) is 11.6 Å². The van der Waals surface area contributed by atoms with Gasteiger partial charge in [0.25, 0.3) is 5.91 Å². The molecule has 0 spiro atoms. The molecule has 0 aromatic heterocycles. The standard InChI is InChI=1S/C25H26ClN3O/c1-6-29-23-10-16(2)18(12-22(23)17(3)14-25(29,4)5)11-19(15-27)24(30)28-21-9-7-8-20(26)13-21/h7-14H,6H2,1-5H3,(H,28,30)/b19-11+. The Kier molecular flexibility index (Phi) is 6.05. The molecule has 0 radical (unpaired) electrons. The van der Waals surface area contributed by atoms with Crippen LogP contribution >= 0.6 is 11.6 Å². The van der Waals surface area contributed by atoms with Crippen molar-refractivity contribution in [3.63, 3.8) is 0 Å². The van der Waals surface area contributed by atoms with Crippen LogP contribution in [0.3, 0.4) is 0 Å². The maximum Gasteiger partial charge on any atom is 0.266 e. The molecule has 3 rings (SSSR count). The lowest BCUT2D eigenvalue weighted by Gasteiger charge is -2.43. The normalized spacial score (nSPS) is 15.2. The zero-order valence-corrected chi connectivity index (χ0v) is 18.8. The lowest BCUT2D eigenvalue weighted by Crippen LogP contribution is -2.44. The summed E-state index contributed by atoms with van der Waals surface area (Å²) in [6.07, 6.45) is 3.91. The van der Waals surface area contributed by atoms with Crippen molar-refractivity contribution in [2.24, 2.45) is 0 Å². The maximum absolute atomic E-state index is 12.6. The van der Waals surface area contributed by atoms with Crippen LogP contribution in [0.4, 0.5) is 11.4 Å². The number of halogens is 1. The molecule has 0 unspecified atom stereocenters. The third-order valence-corrected chi connectivity index (χ3v) is 5.66. The number of rotatable bonds is 4. The van der Waals surface area contributed by atoms with Crippen LogP contribution in [-0.2, 0) is 4.79 Å². The van der Waals surface area contributed by atoms with Gasteiger partial charge in [-0.05, 0) is 87.7 Å². The molecule has 1 heterocycles. The molecule has 1 N–H and O–H groups in total. The number of nitriles is 1. The maximum atomic E-state index is 12.6. The Bertz CT molecular complexity index is 1110. The molecule has 1 aliphatic rings. The third kappa shape index (κ3) is 4.27. The van der Waals surface area contributed by atoms with Crippen LogP contribution in [0.5, 0.6) is 0 Å². The van der Waals surface area contributed by atoms with Crippen LogP contribution in [0.15, 0.2) is 48.0 Å². The van der Waals surface area contributed by atoms with Crippen molar-refractivity contribution in [3.8, 4) is 6.07 Å². The van der Waals surface area contributed by atoms with E-state index in [0.29, 0.717) is 10.7 Å². The van der Waals surface area contributed by atoms with E-state index in [-0.39, 0.29) is 11.1 Å². The Morgan fingerprint density at radius 2 is 2.00 bits per heavy atom. The van der Waals surface area contributed by atoms with E-state index in [2.05, 4.69) is 56.1 Å². The topological polar surface area (TPSA) is 56.1 Å². The second kappa shape index (κ2) is 8.38. The zero-order chi connectivity index (χ0) is 22.1. The summed E-state index contributed by atoms with van der Waals surface area (Å²) < 4.78 is 0. The average Bonchev–Trinajstić information content (AvgIpc) is 2.66. The summed E-state index contributed by atoms with van der Waals surface area (Å²) in [7, 11) is 0. The summed E-state index contributed by atoms with van der Waals surface area (Å²) in [5.41, 5.74) is 5.90. The van der Waals surface area contributed by atoms with E-state index in [1.807, 2.05) is 13.0 Å². The molecule has 0 bridgehead atoms. The van der Waals surface area contributed by atoms with Crippen LogP contribution in [0.1, 0.15) is 44.4 Å². The SMILES string of the molecule is CCN1c2cc(C)c(/C=C(\C#N)C(=O)Nc3cccc(Cl)c3)cc2C(C)=CC1(C)C. The van der Waals surface area contributed by atoms with E-state index < -0.39 is 5.91 Å². The van der Waals surface area contributed by atoms with E-state index in [1.165, 1.54) is 11.3 Å². The molecule has 1 aliphatic heterocycles. The van der Waals surface area contributed by atoms with E-state index in [4.69, 9.17) is 11.6 Å². The van der Waals surface area contributed by atoms with Crippen molar-refractivity contribution in [1.82, 2.24) is 0 Å². The molecule has 4 nitrogen and oxygen atoms in total. The number of hydrogen-bond acceptors (Lipinski definition) is 3. The predicted molar refractivity (Wildman–Crippen MR) is 126 cm³/mol. The highest BCUT2D eigenvalue weighted by atomic mass is 35.5. The highest BCUT2D eigenvalue weighted by molar-refractivity contribution is 6.31. The monoisotopic (exact) mass is 419 g/mol. The molecule has 30 heavy (non-hydrogen) atoms. The fourth-order valence-corrected chi connectivity index (χ4v) is 4.24. The molecule has 0 fully saturated rings. The minimum absolute atomic E-state index is 0.0446. The van der Waals surface area contributed by atoms with Crippen LogP contribution in [0, 0.1) is 18.3 Å². The van der Waals surface area contributed by atoms with Gasteiger partial charge in [-0.15, -0.1) is 0 Å². The molecule has 0 saturated heterocycles. The highest BCUT2D eigenvalue weighted by Gasteiger charge is 2.30. The smallest absolute Gasteiger partial charge is 0.266 e. The molecule has 1 amide bonds. The number of fused-ring (bicyclic) bond motifs is 1. The lowest BCUT2D eigenvalue weighted by atomic mass is 9.86. The van der Waals surface area contributed by atoms with Crippen molar-refractivity contribution in [2.75, 3.05) is 16.8 Å². The van der Waals surface area contributed by atoms with Gasteiger partial charge in [0.1, 0.15) is 11.6 Å². The summed E-state index contributed by atoms with van der Waals surface area (Å²) in [4.78, 5) is 15.0. The Labute approximate surface area is 183 Å². The number of nitrogens with one attached hydrogen (secondary N) is 1. The first-order valence-corrected chi connectivity index (χ1v) is 10.3. The van der Waals surface area contributed by atoms with E-state index >= 15 is 0 Å². The van der Waals surface area contributed by atoms with Gasteiger partial charge in [0.05, 0.1) is 5.54 Å². The Balaban J connectivity index is 1.99. The van der Waals surface area contributed by atoms with Crippen molar-refractivity contribution in [2.45, 2.75) is 40.2 Å². The summed E-state index contributed by atoms with van der Waals surface area (Å²) in [5.74, 6) is -0.458. The number of nitrogens with zero attached hydrogens (tertiary/aromatic N) is 2. The van der Waals surface area contributed by atoms with E-state index in [9.17, 15) is 10.1 Å². The number of allylic oxidation sites excluding steroid dienone is 1. The second-order valence-electron chi connectivity index (χ2n) is 8.09. The minimum atomic E-state index is -0.458. The van der Waals surface area contributed by atoms with Gasteiger partial charge in [-0.3, -0.25) is 4.79 Å². The lowest BCUT2D eigenvalue weighted by molar-refractivity contribution is -0.112. The van der Waals surface area contributed by atoms with Gasteiger partial charge in [0, 0.05) is 28.5 Å². The average molecular weight is 420 g/mol. The number of carbonyl (C=O) groups is 1. The molecule has 0 saturated carbocycles. The minimum Gasteiger partial charge on any atom is -0.363 e. The Morgan fingerprint density at radius 1 is 1.27 bits per heavy atom. The van der Waals surface area contributed by atoms with Crippen LogP contribution < -0.4 is 10.2 Å². The van der Waals surface area contributed by atoms with E-state index in [1.54, 1.807) is 30.3 Å². The highest BCUT2D eigenvalue weighted by Crippen LogP contribution is 2.40. The fourth-order valence-electron chi connectivity index (χ4n) is 4.05. The Hall–Kier alpha value is -3.03. The summed E-state index contributed by atoms with van der Waals surface area (Å²) in [5, 5.41) is 12.9. The first kappa shape index (κ1) is 21.7. The largest absolute Gasteiger partial charge is 0.363 e. The van der Waals surface area contributed by atoms with Crippen LogP contribution in [-0.4, -0.2) is 18.0 Å². The van der Waals surface area contributed by atoms with Gasteiger partial charge < -0.3 is 10.2 Å². The number of carbonyl (C=O) groups excluding carboxylic acids is 1. The third-order valence-electron chi connectivity index (χ3n) is 5.43. The van der Waals surface area contributed by atoms with Gasteiger partial charge >= 0.3 is 0 Å². The molecule has 154 valence electrons. The van der Waals surface area contributed by atoms with Gasteiger partial charge in [0.2, 0.25) is 0 Å². The fraction of sp³-hybridized carbons (Fsp3) is 0.280. The second-order valence-corrected chi connectivity index (χ2v) is 8.52. The summed E-state index contributed by atoms with van der Waals surface area (Å²) >= 11 is 5.98. The number of anilines is 2. The van der Waals surface area contributed by atoms with Gasteiger partial charge in [-0.1, -0.05) is 23.7 Å². The molecular weight excluding hydrogens is 394 g/mol. The molecular formula is C25H26ClN3O. The predicted octanol–water partition coefficient (Wildman–Crippen LogP) is 6.22. The molecule has 2 aromatic carbocycles. The Morgan fingerprint density at radius 3 is 2.63 bits per heavy atom. The van der Waals surface area contributed by atoms with Gasteiger partial charge in [0.15, 0.2) is 0 Å². The first-order valence-electron chi connectivity index (χ1n) is 9.97. The number of likely N-dealkylation sites (N-methyl/N-ethyl adjacent to an activating group) is 1.